The van der Waals surface area contributed by atoms with E-state index in [0.717, 1.165) is 12.6 Å². The van der Waals surface area contributed by atoms with E-state index in [2.05, 4.69) is 9.97 Å². The Morgan fingerprint density at radius 3 is 3.00 bits per heavy atom. The van der Waals surface area contributed by atoms with Crippen LogP contribution in [0.4, 0.5) is 4.39 Å². The molecule has 0 aliphatic rings. The van der Waals surface area contributed by atoms with Gasteiger partial charge >= 0.3 is 0 Å². The smallest absolute Gasteiger partial charge is 0.222 e. The fourth-order valence-electron chi connectivity index (χ4n) is 0.790. The number of nitrogens with zero attached hydrogens (tertiary/aromatic N) is 2. The summed E-state index contributed by atoms with van der Waals surface area (Å²) in [5, 5.41) is 0.106. The molecule has 1 aromatic rings. The highest BCUT2D eigenvalue weighted by atomic mass is 35.5. The van der Waals surface area contributed by atoms with Crippen molar-refractivity contribution in [1.82, 2.24) is 9.97 Å². The number of aryl methyl sites for hydroxylation is 1. The topological polar surface area (TPSA) is 25.8 Å². The number of halogens is 2. The molecule has 0 bridgehead atoms. The highest BCUT2D eigenvalue weighted by Crippen LogP contribution is 2.08. The SMILES string of the molecule is CCCc1nc(Cl)ncc1F. The first-order valence-corrected chi connectivity index (χ1v) is 3.78. The van der Waals surface area contributed by atoms with Crippen LogP contribution in [0, 0.1) is 5.82 Å². The van der Waals surface area contributed by atoms with Crippen LogP contribution in [0.25, 0.3) is 0 Å². The van der Waals surface area contributed by atoms with Crippen molar-refractivity contribution in [3.63, 3.8) is 0 Å². The second kappa shape index (κ2) is 3.62. The van der Waals surface area contributed by atoms with E-state index in [4.69, 9.17) is 11.6 Å². The van der Waals surface area contributed by atoms with Gasteiger partial charge in [0.15, 0.2) is 5.82 Å². The van der Waals surface area contributed by atoms with Gasteiger partial charge in [-0.15, -0.1) is 0 Å². The molecule has 0 amide bonds. The predicted octanol–water partition coefficient (Wildman–Crippen LogP) is 2.22. The molecule has 0 aliphatic heterocycles. The van der Waals surface area contributed by atoms with E-state index in [1.54, 1.807) is 0 Å². The van der Waals surface area contributed by atoms with Crippen LogP contribution >= 0.6 is 11.6 Å². The van der Waals surface area contributed by atoms with Crippen molar-refractivity contribution in [3.8, 4) is 0 Å². The quantitative estimate of drug-likeness (QED) is 0.643. The second-order valence-corrected chi connectivity index (χ2v) is 2.52. The van der Waals surface area contributed by atoms with Crippen LogP contribution in [0.5, 0.6) is 0 Å². The van der Waals surface area contributed by atoms with Crippen LogP contribution in [0.2, 0.25) is 5.28 Å². The van der Waals surface area contributed by atoms with E-state index < -0.39 is 0 Å². The molecule has 1 heterocycles. The average Bonchev–Trinajstić information content (AvgIpc) is 1.98. The minimum absolute atomic E-state index is 0.106. The molecule has 0 radical (unpaired) electrons. The van der Waals surface area contributed by atoms with Crippen LogP contribution in [-0.4, -0.2) is 9.97 Å². The summed E-state index contributed by atoms with van der Waals surface area (Å²) >= 11 is 5.46. The van der Waals surface area contributed by atoms with E-state index in [-0.39, 0.29) is 11.1 Å². The molecule has 0 aromatic carbocycles. The van der Waals surface area contributed by atoms with E-state index in [9.17, 15) is 4.39 Å². The van der Waals surface area contributed by atoms with Gasteiger partial charge in [-0.3, -0.25) is 0 Å². The zero-order valence-corrected chi connectivity index (χ0v) is 6.90. The Kier molecular flexibility index (Phi) is 2.76. The van der Waals surface area contributed by atoms with Gasteiger partial charge in [-0.1, -0.05) is 13.3 Å². The molecule has 0 aliphatic carbocycles. The van der Waals surface area contributed by atoms with Gasteiger partial charge in [0.25, 0.3) is 0 Å². The average molecular weight is 175 g/mol. The Bertz CT molecular complexity index is 252. The van der Waals surface area contributed by atoms with E-state index in [1.807, 2.05) is 6.92 Å². The van der Waals surface area contributed by atoms with Crippen molar-refractivity contribution in [2.75, 3.05) is 0 Å². The fourth-order valence-corrected chi connectivity index (χ4v) is 0.941. The molecule has 1 rings (SSSR count). The minimum Gasteiger partial charge on any atom is -0.223 e. The van der Waals surface area contributed by atoms with Crippen LogP contribution in [0.3, 0.4) is 0 Å². The third-order valence-corrected chi connectivity index (χ3v) is 1.46. The Morgan fingerprint density at radius 1 is 1.64 bits per heavy atom. The summed E-state index contributed by atoms with van der Waals surface area (Å²) in [4.78, 5) is 7.24. The van der Waals surface area contributed by atoms with Gasteiger partial charge < -0.3 is 0 Å². The van der Waals surface area contributed by atoms with Crippen molar-refractivity contribution in [3.05, 3.63) is 23.0 Å². The molecular weight excluding hydrogens is 167 g/mol. The molecule has 0 saturated carbocycles. The highest BCUT2D eigenvalue weighted by molar-refractivity contribution is 6.28. The van der Waals surface area contributed by atoms with Crippen molar-refractivity contribution in [1.29, 1.82) is 0 Å². The summed E-state index contributed by atoms with van der Waals surface area (Å²) in [6.07, 6.45) is 2.55. The lowest BCUT2D eigenvalue weighted by molar-refractivity contribution is 0.587. The van der Waals surface area contributed by atoms with Crippen LogP contribution in [0.15, 0.2) is 6.20 Å². The van der Waals surface area contributed by atoms with E-state index in [1.165, 1.54) is 0 Å². The summed E-state index contributed by atoms with van der Waals surface area (Å²) in [5.41, 5.74) is 0.396. The zero-order chi connectivity index (χ0) is 8.27. The van der Waals surface area contributed by atoms with Crippen molar-refractivity contribution < 1.29 is 4.39 Å². The summed E-state index contributed by atoms with van der Waals surface area (Å²) in [6, 6.07) is 0. The first-order chi connectivity index (χ1) is 5.24. The zero-order valence-electron chi connectivity index (χ0n) is 6.14. The normalized spacial score (nSPS) is 10.1. The lowest BCUT2D eigenvalue weighted by Crippen LogP contribution is -1.96. The van der Waals surface area contributed by atoms with Gasteiger partial charge in [0.05, 0.1) is 11.9 Å². The molecule has 0 atom stereocenters. The Balaban J connectivity index is 2.93. The highest BCUT2D eigenvalue weighted by Gasteiger charge is 2.03. The van der Waals surface area contributed by atoms with Crippen LogP contribution in [-0.2, 0) is 6.42 Å². The molecule has 60 valence electrons. The Labute approximate surface area is 69.4 Å². The fraction of sp³-hybridized carbons (Fsp3) is 0.429. The van der Waals surface area contributed by atoms with Gasteiger partial charge in [-0.25, -0.2) is 14.4 Å². The third-order valence-electron chi connectivity index (χ3n) is 1.27. The summed E-state index contributed by atoms with van der Waals surface area (Å²) in [5.74, 6) is -0.378. The molecule has 4 heteroatoms. The Morgan fingerprint density at radius 2 is 2.36 bits per heavy atom. The number of rotatable bonds is 2. The summed E-state index contributed by atoms with van der Waals surface area (Å²) in [7, 11) is 0. The lowest BCUT2D eigenvalue weighted by Gasteiger charge is -1.98. The van der Waals surface area contributed by atoms with Gasteiger partial charge in [0.1, 0.15) is 0 Å². The molecule has 0 spiro atoms. The third kappa shape index (κ3) is 2.12. The Hall–Kier alpha value is -0.700. The monoisotopic (exact) mass is 174 g/mol. The standard InChI is InChI=1S/C7H8ClFN2/c1-2-3-6-5(9)4-10-7(8)11-6/h4H,2-3H2,1H3. The maximum absolute atomic E-state index is 12.8. The molecule has 1 aromatic heterocycles. The number of hydrogen-bond acceptors (Lipinski definition) is 2. The molecule has 0 unspecified atom stereocenters. The van der Waals surface area contributed by atoms with Crippen LogP contribution < -0.4 is 0 Å². The number of aromatic nitrogens is 2. The maximum Gasteiger partial charge on any atom is 0.222 e. The van der Waals surface area contributed by atoms with Crippen molar-refractivity contribution in [2.24, 2.45) is 0 Å². The first-order valence-electron chi connectivity index (χ1n) is 3.41. The number of hydrogen-bond donors (Lipinski definition) is 0. The molecule has 0 N–H and O–H groups in total. The predicted molar refractivity (Wildman–Crippen MR) is 41.0 cm³/mol. The van der Waals surface area contributed by atoms with Gasteiger partial charge in [0.2, 0.25) is 5.28 Å². The van der Waals surface area contributed by atoms with Gasteiger partial charge in [-0.05, 0) is 18.0 Å². The summed E-state index contributed by atoms with van der Waals surface area (Å²) in [6.45, 7) is 1.95. The van der Waals surface area contributed by atoms with Crippen LogP contribution in [0.1, 0.15) is 19.0 Å². The maximum atomic E-state index is 12.8. The molecule has 0 saturated heterocycles. The van der Waals surface area contributed by atoms with Gasteiger partial charge in [0, 0.05) is 0 Å². The van der Waals surface area contributed by atoms with Gasteiger partial charge in [-0.2, -0.15) is 0 Å². The molecular formula is C7H8ClFN2. The van der Waals surface area contributed by atoms with E-state index >= 15 is 0 Å². The summed E-state index contributed by atoms with van der Waals surface area (Å²) < 4.78 is 12.8. The molecule has 11 heavy (non-hydrogen) atoms. The first kappa shape index (κ1) is 8.40. The minimum atomic E-state index is -0.378. The molecule has 0 fully saturated rings. The van der Waals surface area contributed by atoms with Crippen molar-refractivity contribution >= 4 is 11.6 Å². The largest absolute Gasteiger partial charge is 0.223 e. The lowest BCUT2D eigenvalue weighted by atomic mass is 10.2. The van der Waals surface area contributed by atoms with Crippen molar-refractivity contribution in [2.45, 2.75) is 19.8 Å². The second-order valence-electron chi connectivity index (χ2n) is 2.18. The van der Waals surface area contributed by atoms with E-state index in [0.29, 0.717) is 12.1 Å². The molecule has 2 nitrogen and oxygen atoms in total.